The highest BCUT2D eigenvalue weighted by molar-refractivity contribution is 7.85. The molecule has 0 saturated heterocycles. The number of rotatable bonds is 3. The number of hydrogen-bond acceptors (Lipinski definition) is 3. The normalized spacial score (nSPS) is 26.5. The van der Waals surface area contributed by atoms with Crippen LogP contribution in [-0.4, -0.2) is 22.6 Å². The molecule has 0 heterocycles. The van der Waals surface area contributed by atoms with Crippen molar-refractivity contribution >= 4 is 10.8 Å². The van der Waals surface area contributed by atoms with Crippen LogP contribution in [0.15, 0.2) is 29.2 Å². The SMILES string of the molecule is COc1cccc(S(=O)C2CCCCC2N)c1. The molecule has 17 heavy (non-hydrogen) atoms. The molecule has 3 nitrogen and oxygen atoms in total. The Morgan fingerprint density at radius 1 is 1.35 bits per heavy atom. The number of ether oxygens (including phenoxy) is 1. The largest absolute Gasteiger partial charge is 0.497 e. The van der Waals surface area contributed by atoms with Crippen molar-refractivity contribution in [2.75, 3.05) is 7.11 Å². The molecule has 2 N–H and O–H groups in total. The Bertz CT molecular complexity index is 408. The molecular formula is C13H19NO2S. The van der Waals surface area contributed by atoms with E-state index >= 15 is 0 Å². The Kier molecular flexibility index (Phi) is 4.18. The number of hydrogen-bond donors (Lipinski definition) is 1. The molecule has 1 aliphatic rings. The highest BCUT2D eigenvalue weighted by atomic mass is 32.2. The Labute approximate surface area is 105 Å². The summed E-state index contributed by atoms with van der Waals surface area (Å²) in [6, 6.07) is 7.54. The van der Waals surface area contributed by atoms with Gasteiger partial charge in [-0.25, -0.2) is 0 Å². The van der Waals surface area contributed by atoms with Gasteiger partial charge in [0.05, 0.1) is 23.2 Å². The van der Waals surface area contributed by atoms with Crippen molar-refractivity contribution in [3.05, 3.63) is 24.3 Å². The molecule has 1 aromatic carbocycles. The summed E-state index contributed by atoms with van der Waals surface area (Å²) in [5, 5.41) is 0.0934. The van der Waals surface area contributed by atoms with E-state index in [1.807, 2.05) is 24.3 Å². The Hall–Kier alpha value is -0.870. The minimum Gasteiger partial charge on any atom is -0.497 e. The molecule has 1 aliphatic carbocycles. The molecule has 2 rings (SSSR count). The number of benzene rings is 1. The fourth-order valence-corrected chi connectivity index (χ4v) is 3.92. The second kappa shape index (κ2) is 5.65. The molecule has 1 saturated carbocycles. The van der Waals surface area contributed by atoms with Gasteiger partial charge in [0.15, 0.2) is 0 Å². The second-order valence-corrected chi connectivity index (χ2v) is 6.13. The lowest BCUT2D eigenvalue weighted by molar-refractivity contribution is 0.413. The topological polar surface area (TPSA) is 52.3 Å². The minimum absolute atomic E-state index is 0.0655. The van der Waals surface area contributed by atoms with Gasteiger partial charge in [-0.2, -0.15) is 0 Å². The zero-order valence-electron chi connectivity index (χ0n) is 10.1. The first kappa shape index (κ1) is 12.6. The van der Waals surface area contributed by atoms with Crippen LogP contribution in [0.1, 0.15) is 25.7 Å². The van der Waals surface area contributed by atoms with Gasteiger partial charge >= 0.3 is 0 Å². The average Bonchev–Trinajstić information content (AvgIpc) is 2.38. The van der Waals surface area contributed by atoms with E-state index < -0.39 is 10.8 Å². The van der Waals surface area contributed by atoms with Crippen molar-refractivity contribution in [1.29, 1.82) is 0 Å². The molecule has 0 aromatic heterocycles. The fourth-order valence-electron chi connectivity index (χ4n) is 2.29. The van der Waals surface area contributed by atoms with E-state index in [0.29, 0.717) is 0 Å². The first-order chi connectivity index (χ1) is 8.22. The molecule has 3 atom stereocenters. The summed E-state index contributed by atoms with van der Waals surface area (Å²) in [6.45, 7) is 0. The molecule has 0 bridgehead atoms. The molecule has 0 radical (unpaired) electrons. The van der Waals surface area contributed by atoms with Gasteiger partial charge in [-0.15, -0.1) is 0 Å². The predicted molar refractivity (Wildman–Crippen MR) is 69.6 cm³/mol. The van der Waals surface area contributed by atoms with Gasteiger partial charge in [0, 0.05) is 10.9 Å². The quantitative estimate of drug-likeness (QED) is 0.897. The Balaban J connectivity index is 2.17. The van der Waals surface area contributed by atoms with Crippen LogP contribution in [-0.2, 0) is 10.8 Å². The van der Waals surface area contributed by atoms with Crippen molar-refractivity contribution in [3.63, 3.8) is 0 Å². The second-order valence-electron chi connectivity index (χ2n) is 4.46. The van der Waals surface area contributed by atoms with Crippen LogP contribution in [0.2, 0.25) is 0 Å². The molecule has 1 aromatic rings. The number of methoxy groups -OCH3 is 1. The molecular weight excluding hydrogens is 234 g/mol. The molecule has 94 valence electrons. The summed E-state index contributed by atoms with van der Waals surface area (Å²) in [4.78, 5) is 0.826. The van der Waals surface area contributed by atoms with E-state index in [-0.39, 0.29) is 11.3 Å². The maximum Gasteiger partial charge on any atom is 0.120 e. The third kappa shape index (κ3) is 2.87. The summed E-state index contributed by atoms with van der Waals surface area (Å²) in [7, 11) is 0.603. The molecule has 0 spiro atoms. The van der Waals surface area contributed by atoms with Crippen molar-refractivity contribution in [1.82, 2.24) is 0 Å². The zero-order chi connectivity index (χ0) is 12.3. The van der Waals surface area contributed by atoms with Crippen LogP contribution in [0, 0.1) is 0 Å². The lowest BCUT2D eigenvalue weighted by atomic mass is 9.96. The van der Waals surface area contributed by atoms with E-state index in [2.05, 4.69) is 0 Å². The lowest BCUT2D eigenvalue weighted by Gasteiger charge is -2.27. The number of nitrogens with two attached hydrogens (primary N) is 1. The smallest absolute Gasteiger partial charge is 0.120 e. The standard InChI is InChI=1S/C13H19NO2S/c1-16-10-5-4-6-11(9-10)17(15)13-8-3-2-7-12(13)14/h4-6,9,12-13H,2-3,7-8,14H2,1H3. The van der Waals surface area contributed by atoms with Crippen LogP contribution in [0.5, 0.6) is 5.75 Å². The van der Waals surface area contributed by atoms with Gasteiger partial charge in [-0.05, 0) is 31.0 Å². The molecule has 4 heteroatoms. The Morgan fingerprint density at radius 3 is 2.82 bits per heavy atom. The van der Waals surface area contributed by atoms with E-state index in [1.54, 1.807) is 7.11 Å². The Morgan fingerprint density at radius 2 is 2.12 bits per heavy atom. The van der Waals surface area contributed by atoms with Crippen molar-refractivity contribution in [3.8, 4) is 5.75 Å². The molecule has 3 unspecified atom stereocenters. The first-order valence-electron chi connectivity index (χ1n) is 6.02. The fraction of sp³-hybridized carbons (Fsp3) is 0.538. The van der Waals surface area contributed by atoms with Crippen LogP contribution in [0.4, 0.5) is 0 Å². The molecule has 0 aliphatic heterocycles. The summed E-state index contributed by atoms with van der Waals surface area (Å²) in [6.07, 6.45) is 4.24. The summed E-state index contributed by atoms with van der Waals surface area (Å²) >= 11 is 0. The maximum atomic E-state index is 12.5. The van der Waals surface area contributed by atoms with E-state index in [0.717, 1.165) is 36.3 Å². The lowest BCUT2D eigenvalue weighted by Crippen LogP contribution is -2.40. The maximum absolute atomic E-state index is 12.5. The molecule has 0 amide bonds. The highest BCUT2D eigenvalue weighted by Gasteiger charge is 2.28. The van der Waals surface area contributed by atoms with Crippen LogP contribution in [0.3, 0.4) is 0 Å². The predicted octanol–water partition coefficient (Wildman–Crippen LogP) is 2.07. The van der Waals surface area contributed by atoms with Gasteiger partial charge in [0.25, 0.3) is 0 Å². The summed E-state index contributed by atoms with van der Waals surface area (Å²) < 4.78 is 17.6. The van der Waals surface area contributed by atoms with Crippen molar-refractivity contribution < 1.29 is 8.95 Å². The summed E-state index contributed by atoms with van der Waals surface area (Å²) in [5.74, 6) is 0.750. The minimum atomic E-state index is -1.02. The van der Waals surface area contributed by atoms with Crippen LogP contribution >= 0.6 is 0 Å². The van der Waals surface area contributed by atoms with Gasteiger partial charge in [0.1, 0.15) is 5.75 Å². The van der Waals surface area contributed by atoms with E-state index in [4.69, 9.17) is 10.5 Å². The van der Waals surface area contributed by atoms with Crippen LogP contribution < -0.4 is 10.5 Å². The van der Waals surface area contributed by atoms with E-state index in [9.17, 15) is 4.21 Å². The van der Waals surface area contributed by atoms with Gasteiger partial charge < -0.3 is 10.5 Å². The first-order valence-corrected chi connectivity index (χ1v) is 7.24. The van der Waals surface area contributed by atoms with Crippen molar-refractivity contribution in [2.24, 2.45) is 5.73 Å². The molecule has 1 fully saturated rings. The van der Waals surface area contributed by atoms with Gasteiger partial charge in [-0.1, -0.05) is 18.9 Å². The average molecular weight is 253 g/mol. The third-order valence-electron chi connectivity index (χ3n) is 3.30. The monoisotopic (exact) mass is 253 g/mol. The summed E-state index contributed by atoms with van der Waals surface area (Å²) in [5.41, 5.74) is 6.06. The van der Waals surface area contributed by atoms with Crippen LogP contribution in [0.25, 0.3) is 0 Å². The highest BCUT2D eigenvalue weighted by Crippen LogP contribution is 2.26. The third-order valence-corrected chi connectivity index (χ3v) is 5.16. The zero-order valence-corrected chi connectivity index (χ0v) is 10.9. The van der Waals surface area contributed by atoms with E-state index in [1.165, 1.54) is 0 Å². The van der Waals surface area contributed by atoms with Gasteiger partial charge in [-0.3, -0.25) is 4.21 Å². The van der Waals surface area contributed by atoms with Gasteiger partial charge in [0.2, 0.25) is 0 Å². The van der Waals surface area contributed by atoms with Crippen molar-refractivity contribution in [2.45, 2.75) is 41.9 Å².